The molecule has 8 nitrogen and oxygen atoms in total. The van der Waals surface area contributed by atoms with Crippen LogP contribution in [0.25, 0.3) is 0 Å². The van der Waals surface area contributed by atoms with E-state index < -0.39 is 16.6 Å². The van der Waals surface area contributed by atoms with Gasteiger partial charge in [0.2, 0.25) is 0 Å². The maximum absolute atomic E-state index is 13.2. The Bertz CT molecular complexity index is 1580. The number of methoxy groups -OCH3 is 1. The van der Waals surface area contributed by atoms with Crippen molar-refractivity contribution in [3.05, 3.63) is 79.2 Å². The summed E-state index contributed by atoms with van der Waals surface area (Å²) in [7, 11) is 5.65. The number of amides is 2. The highest BCUT2D eigenvalue weighted by Gasteiger charge is 2.32. The van der Waals surface area contributed by atoms with Crippen LogP contribution in [0.2, 0.25) is 10.0 Å². The fourth-order valence-corrected chi connectivity index (χ4v) is 6.55. The van der Waals surface area contributed by atoms with E-state index in [9.17, 15) is 23.2 Å². The van der Waals surface area contributed by atoms with Gasteiger partial charge >= 0.3 is 11.4 Å². The molecule has 1 fully saturated rings. The third-order valence-electron chi connectivity index (χ3n) is 7.28. The van der Waals surface area contributed by atoms with Crippen LogP contribution in [-0.4, -0.2) is 61.4 Å². The number of hydrogen-bond donors (Lipinski definition) is 1. The number of hydrogen-bond acceptors (Lipinski definition) is 6. The third-order valence-corrected chi connectivity index (χ3v) is 9.54. The molecule has 1 atom stereocenters. The summed E-state index contributed by atoms with van der Waals surface area (Å²) in [5.41, 5.74) is 1.38. The van der Waals surface area contributed by atoms with Gasteiger partial charge in [-0.2, -0.15) is 8.78 Å². The number of carbonyl (C=O) groups is 2. The number of pyridine rings is 1. The number of carbonyl (C=O) groups excluding carboxylic acids is 2. The number of alkyl halides is 3. The summed E-state index contributed by atoms with van der Waals surface area (Å²) < 4.78 is 31.9. The first-order chi connectivity index (χ1) is 20.3. The number of aromatic nitrogens is 1. The van der Waals surface area contributed by atoms with E-state index in [1.807, 2.05) is 16.9 Å². The zero-order chi connectivity index (χ0) is 31.6. The lowest BCUT2D eigenvalue weighted by Crippen LogP contribution is -2.47. The summed E-state index contributed by atoms with van der Waals surface area (Å²) in [4.78, 5) is 43.3. The molecule has 1 N–H and O–H groups in total. The Morgan fingerprint density at radius 3 is 2.40 bits per heavy atom. The van der Waals surface area contributed by atoms with Crippen molar-refractivity contribution < 1.29 is 23.1 Å². The molecule has 3 aromatic rings. The van der Waals surface area contributed by atoms with Crippen LogP contribution in [-0.2, 0) is 11.9 Å². The molecular weight excluding hydrogens is 645 g/mol. The van der Waals surface area contributed by atoms with E-state index >= 15 is 0 Å². The van der Waals surface area contributed by atoms with Gasteiger partial charge < -0.3 is 14.6 Å². The number of aldehydes is 1. The fourth-order valence-electron chi connectivity index (χ4n) is 4.84. The smallest absolute Gasteiger partial charge is 0.362 e. The first-order valence-corrected chi connectivity index (χ1v) is 15.1. The Morgan fingerprint density at radius 1 is 1.12 bits per heavy atom. The van der Waals surface area contributed by atoms with Gasteiger partial charge in [0, 0.05) is 42.5 Å². The number of H-pyrrole nitrogens is 1. The van der Waals surface area contributed by atoms with Crippen molar-refractivity contribution in [2.45, 2.75) is 41.1 Å². The van der Waals surface area contributed by atoms with E-state index in [0.29, 0.717) is 10.9 Å². The standard InChI is InChI=1S/C16H23N3O2.C13H6Cl3F2NO2S/c1-11-13-9-15(21-4)14(8-12(13)10-18(11)3)19-7-5-6-17(2)16(19)20;14-7-2-1-3-8(15)11(7)22-9-4-10(13(16,17)18)19-12(21)6(9)5-20/h8-9,11H,5-7,10H2,1-4H3;1-5H,(H,19,21). The van der Waals surface area contributed by atoms with Crippen molar-refractivity contribution in [2.75, 3.05) is 39.2 Å². The Kier molecular flexibility index (Phi) is 10.3. The maximum Gasteiger partial charge on any atom is 0.362 e. The molecule has 0 spiro atoms. The van der Waals surface area contributed by atoms with Gasteiger partial charge in [-0.3, -0.25) is 19.4 Å². The van der Waals surface area contributed by atoms with Crippen LogP contribution in [0, 0.1) is 0 Å². The van der Waals surface area contributed by atoms with Gasteiger partial charge in [0.1, 0.15) is 11.4 Å². The highest BCUT2D eigenvalue weighted by atomic mass is 35.5. The second-order valence-corrected chi connectivity index (χ2v) is 12.4. The van der Waals surface area contributed by atoms with Crippen molar-refractivity contribution >= 4 is 64.6 Å². The number of halogens is 5. The zero-order valence-electron chi connectivity index (χ0n) is 23.7. The number of benzene rings is 2. The molecule has 2 amide bonds. The Balaban J connectivity index is 0.000000197. The van der Waals surface area contributed by atoms with Gasteiger partial charge in [-0.25, -0.2) is 4.79 Å². The van der Waals surface area contributed by atoms with E-state index in [1.54, 1.807) is 30.2 Å². The van der Waals surface area contributed by atoms with Gasteiger partial charge in [0.25, 0.3) is 5.56 Å². The lowest BCUT2D eigenvalue weighted by atomic mass is 10.0. The van der Waals surface area contributed by atoms with Gasteiger partial charge in [-0.15, -0.1) is 0 Å². The predicted molar refractivity (Wildman–Crippen MR) is 166 cm³/mol. The highest BCUT2D eigenvalue weighted by Crippen LogP contribution is 2.42. The van der Waals surface area contributed by atoms with E-state index in [-0.39, 0.29) is 32.8 Å². The summed E-state index contributed by atoms with van der Waals surface area (Å²) in [6.07, 6.45) is 1.25. The monoisotopic (exact) mass is 672 g/mol. The minimum atomic E-state index is -3.78. The fraction of sp³-hybridized carbons (Fsp3) is 0.345. The second-order valence-electron chi connectivity index (χ2n) is 10.1. The summed E-state index contributed by atoms with van der Waals surface area (Å²) in [6.45, 7) is 4.70. The lowest BCUT2D eigenvalue weighted by Gasteiger charge is -2.34. The van der Waals surface area contributed by atoms with E-state index in [1.165, 1.54) is 11.1 Å². The predicted octanol–water partition coefficient (Wildman–Crippen LogP) is 7.40. The molecule has 43 heavy (non-hydrogen) atoms. The average molecular weight is 674 g/mol. The van der Waals surface area contributed by atoms with Crippen molar-refractivity contribution in [3.8, 4) is 5.75 Å². The van der Waals surface area contributed by atoms with E-state index in [0.717, 1.165) is 55.3 Å². The minimum Gasteiger partial charge on any atom is -0.495 e. The minimum absolute atomic E-state index is 0.0240. The summed E-state index contributed by atoms with van der Waals surface area (Å²) >= 11 is 17.7. The second kappa shape index (κ2) is 13.4. The summed E-state index contributed by atoms with van der Waals surface area (Å²) in [6, 6.07) is 10.3. The Hall–Kier alpha value is -2.83. The van der Waals surface area contributed by atoms with Crippen LogP contribution in [0.15, 0.2) is 51.0 Å². The van der Waals surface area contributed by atoms with Crippen LogP contribution in [0.5, 0.6) is 5.75 Å². The zero-order valence-corrected chi connectivity index (χ0v) is 26.8. The van der Waals surface area contributed by atoms with Crippen molar-refractivity contribution in [3.63, 3.8) is 0 Å². The normalized spacial score (nSPS) is 17.0. The molecule has 0 radical (unpaired) electrons. The SMILES string of the molecule is COc1cc2c(cc1N1CCCN(C)C1=O)CN(C)C2C.O=Cc1c(Sc2c(Cl)cccc2Cl)cc(C(F)(F)Cl)[nH]c1=O. The molecule has 2 aliphatic rings. The highest BCUT2D eigenvalue weighted by molar-refractivity contribution is 7.99. The van der Waals surface area contributed by atoms with Crippen LogP contribution in [0.1, 0.15) is 46.6 Å². The number of nitrogens with one attached hydrogen (secondary N) is 1. The first-order valence-electron chi connectivity index (χ1n) is 13.1. The number of fused-ring (bicyclic) bond motifs is 1. The van der Waals surface area contributed by atoms with Gasteiger partial charge in [-0.05, 0) is 73.5 Å². The molecule has 14 heteroatoms. The molecule has 1 saturated heterocycles. The van der Waals surface area contributed by atoms with Crippen LogP contribution < -0.4 is 15.2 Å². The number of ether oxygens (including phenoxy) is 1. The number of nitrogens with zero attached hydrogens (tertiary/aromatic N) is 3. The molecule has 0 saturated carbocycles. The van der Waals surface area contributed by atoms with Crippen LogP contribution >= 0.6 is 46.6 Å². The average Bonchev–Trinajstić information content (AvgIpc) is 3.23. The van der Waals surface area contributed by atoms with Crippen LogP contribution in [0.4, 0.5) is 19.3 Å². The molecule has 0 aliphatic carbocycles. The number of rotatable bonds is 6. The topological polar surface area (TPSA) is 85.9 Å². The third kappa shape index (κ3) is 7.12. The first kappa shape index (κ1) is 33.1. The molecule has 1 unspecified atom stereocenters. The van der Waals surface area contributed by atoms with E-state index in [4.69, 9.17) is 39.5 Å². The molecule has 1 aromatic heterocycles. The molecule has 5 rings (SSSR count). The molecular formula is C29H29Cl3F2N4O4S. The molecule has 3 heterocycles. The molecule has 2 aromatic carbocycles. The Morgan fingerprint density at radius 2 is 1.79 bits per heavy atom. The lowest BCUT2D eigenvalue weighted by molar-refractivity contribution is 0.0891. The van der Waals surface area contributed by atoms with Gasteiger partial charge in [0.05, 0.1) is 28.4 Å². The molecule has 2 aliphatic heterocycles. The summed E-state index contributed by atoms with van der Waals surface area (Å²) in [5, 5.41) is -3.26. The quantitative estimate of drug-likeness (QED) is 0.217. The van der Waals surface area contributed by atoms with E-state index in [2.05, 4.69) is 31.0 Å². The number of urea groups is 1. The molecule has 0 bridgehead atoms. The number of aromatic amines is 1. The maximum atomic E-state index is 13.2. The van der Waals surface area contributed by atoms with Crippen molar-refractivity contribution in [1.29, 1.82) is 0 Å². The van der Waals surface area contributed by atoms with Gasteiger partial charge in [-0.1, -0.05) is 41.0 Å². The number of anilines is 1. The van der Waals surface area contributed by atoms with Crippen molar-refractivity contribution in [1.82, 2.24) is 14.8 Å². The summed E-state index contributed by atoms with van der Waals surface area (Å²) in [5.74, 6) is 0.791. The van der Waals surface area contributed by atoms with Crippen molar-refractivity contribution in [2.24, 2.45) is 0 Å². The Labute approximate surface area is 266 Å². The van der Waals surface area contributed by atoms with Crippen LogP contribution in [0.3, 0.4) is 0 Å². The largest absolute Gasteiger partial charge is 0.495 e. The van der Waals surface area contributed by atoms with Gasteiger partial charge in [0.15, 0.2) is 6.29 Å². The molecule has 230 valence electrons.